The first-order valence-electron chi connectivity index (χ1n) is 10.0. The van der Waals surface area contributed by atoms with Crippen LogP contribution >= 0.6 is 0 Å². The molecule has 148 valence electrons. The first kappa shape index (κ1) is 19.8. The highest BCUT2D eigenvalue weighted by Crippen LogP contribution is 2.26. The van der Waals surface area contributed by atoms with Crippen molar-refractivity contribution in [3.05, 3.63) is 29.6 Å². The lowest BCUT2D eigenvalue weighted by Gasteiger charge is -2.33. The molecule has 0 radical (unpaired) electrons. The number of nitrogens with one attached hydrogen (secondary N) is 1. The van der Waals surface area contributed by atoms with E-state index in [1.54, 1.807) is 19.1 Å². The lowest BCUT2D eigenvalue weighted by molar-refractivity contribution is -0.126. The standard InChI is InChI=1S/C21H30FN3O2/c1-15-7-8-18(13-19(15)22)25-14-17(12-20(25)26)21(27)23-9-5-11-24-10-4-3-6-16(24)2/h7-8,13,16-17H,3-6,9-12,14H2,1-2H3,(H,23,27)/t16-,17-/m0/s1. The van der Waals surface area contributed by atoms with Crippen molar-refractivity contribution in [3.8, 4) is 0 Å². The Morgan fingerprint density at radius 3 is 2.89 bits per heavy atom. The van der Waals surface area contributed by atoms with Crippen LogP contribution in [0, 0.1) is 18.7 Å². The summed E-state index contributed by atoms with van der Waals surface area (Å²) in [6.07, 6.45) is 4.93. The SMILES string of the molecule is Cc1ccc(N2C[C@@H](C(=O)NCCCN3CCCC[C@@H]3C)CC2=O)cc1F. The van der Waals surface area contributed by atoms with Crippen LogP contribution < -0.4 is 10.2 Å². The van der Waals surface area contributed by atoms with E-state index in [2.05, 4.69) is 17.1 Å². The van der Waals surface area contributed by atoms with Gasteiger partial charge in [0.05, 0.1) is 5.92 Å². The molecule has 0 saturated carbocycles. The first-order valence-corrected chi connectivity index (χ1v) is 10.0. The molecule has 1 N–H and O–H groups in total. The predicted octanol–water partition coefficient (Wildman–Crippen LogP) is 2.87. The van der Waals surface area contributed by atoms with E-state index < -0.39 is 0 Å². The van der Waals surface area contributed by atoms with Gasteiger partial charge in [0, 0.05) is 37.8 Å². The zero-order valence-electron chi connectivity index (χ0n) is 16.3. The van der Waals surface area contributed by atoms with Crippen LogP contribution in [0.1, 0.15) is 44.6 Å². The van der Waals surface area contributed by atoms with E-state index in [0.717, 1.165) is 19.5 Å². The summed E-state index contributed by atoms with van der Waals surface area (Å²) in [5, 5.41) is 2.97. The smallest absolute Gasteiger partial charge is 0.227 e. The minimum atomic E-state index is -0.365. The van der Waals surface area contributed by atoms with E-state index in [1.165, 1.54) is 30.2 Å². The molecule has 2 saturated heterocycles. The molecule has 27 heavy (non-hydrogen) atoms. The van der Waals surface area contributed by atoms with Gasteiger partial charge in [-0.2, -0.15) is 0 Å². The van der Waals surface area contributed by atoms with Crippen molar-refractivity contribution in [1.29, 1.82) is 0 Å². The van der Waals surface area contributed by atoms with Crippen LogP contribution in [0.15, 0.2) is 18.2 Å². The highest BCUT2D eigenvalue weighted by atomic mass is 19.1. The second kappa shape index (κ2) is 8.83. The van der Waals surface area contributed by atoms with E-state index in [1.807, 2.05) is 0 Å². The van der Waals surface area contributed by atoms with Gasteiger partial charge in [0.2, 0.25) is 11.8 Å². The fraction of sp³-hybridized carbons (Fsp3) is 0.619. The van der Waals surface area contributed by atoms with Crippen LogP contribution in [0.2, 0.25) is 0 Å². The average molecular weight is 375 g/mol. The van der Waals surface area contributed by atoms with Gasteiger partial charge in [0.15, 0.2) is 0 Å². The third kappa shape index (κ3) is 4.86. The zero-order valence-corrected chi connectivity index (χ0v) is 16.3. The summed E-state index contributed by atoms with van der Waals surface area (Å²) >= 11 is 0. The highest BCUT2D eigenvalue weighted by Gasteiger charge is 2.35. The summed E-state index contributed by atoms with van der Waals surface area (Å²) in [4.78, 5) is 28.7. The van der Waals surface area contributed by atoms with Gasteiger partial charge in [-0.25, -0.2) is 4.39 Å². The summed E-state index contributed by atoms with van der Waals surface area (Å²) in [5.41, 5.74) is 1.07. The van der Waals surface area contributed by atoms with Gasteiger partial charge in [0.25, 0.3) is 0 Å². The number of amides is 2. The first-order chi connectivity index (χ1) is 13.0. The molecule has 0 aromatic heterocycles. The summed E-state index contributed by atoms with van der Waals surface area (Å²) in [5.74, 6) is -0.901. The van der Waals surface area contributed by atoms with Crippen molar-refractivity contribution >= 4 is 17.5 Å². The third-order valence-electron chi connectivity index (χ3n) is 5.82. The van der Waals surface area contributed by atoms with Crippen molar-refractivity contribution in [2.45, 2.75) is 52.0 Å². The maximum atomic E-state index is 13.8. The molecule has 6 heteroatoms. The zero-order chi connectivity index (χ0) is 19.4. The number of anilines is 1. The lowest BCUT2D eigenvalue weighted by Crippen LogP contribution is -2.40. The number of hydrogen-bond donors (Lipinski definition) is 1. The minimum Gasteiger partial charge on any atom is -0.356 e. The molecule has 2 atom stereocenters. The molecule has 1 aromatic rings. The van der Waals surface area contributed by atoms with Gasteiger partial charge in [-0.1, -0.05) is 12.5 Å². The van der Waals surface area contributed by atoms with Crippen molar-refractivity contribution in [3.63, 3.8) is 0 Å². The van der Waals surface area contributed by atoms with Crippen molar-refractivity contribution in [2.75, 3.05) is 31.1 Å². The van der Waals surface area contributed by atoms with Crippen molar-refractivity contribution in [1.82, 2.24) is 10.2 Å². The number of carbonyl (C=O) groups excluding carboxylic acids is 2. The van der Waals surface area contributed by atoms with Crippen LogP contribution in [-0.2, 0) is 9.59 Å². The van der Waals surface area contributed by atoms with E-state index in [9.17, 15) is 14.0 Å². The van der Waals surface area contributed by atoms with Crippen LogP contribution in [-0.4, -0.2) is 48.9 Å². The molecule has 2 aliphatic heterocycles. The molecule has 0 aliphatic carbocycles. The maximum absolute atomic E-state index is 13.8. The fourth-order valence-corrected chi connectivity index (χ4v) is 4.01. The number of halogens is 1. The monoisotopic (exact) mass is 375 g/mol. The lowest BCUT2D eigenvalue weighted by atomic mass is 10.0. The van der Waals surface area contributed by atoms with Gasteiger partial charge >= 0.3 is 0 Å². The third-order valence-corrected chi connectivity index (χ3v) is 5.82. The molecule has 0 spiro atoms. The van der Waals surface area contributed by atoms with Crippen LogP contribution in [0.4, 0.5) is 10.1 Å². The Labute approximate surface area is 160 Å². The van der Waals surface area contributed by atoms with Gasteiger partial charge < -0.3 is 15.1 Å². The molecular formula is C21H30FN3O2. The number of rotatable bonds is 6. The van der Waals surface area contributed by atoms with Gasteiger partial charge in [-0.15, -0.1) is 0 Å². The molecule has 3 rings (SSSR count). The van der Waals surface area contributed by atoms with E-state index in [0.29, 0.717) is 30.4 Å². The van der Waals surface area contributed by atoms with Gasteiger partial charge in [-0.3, -0.25) is 9.59 Å². The number of hydrogen-bond acceptors (Lipinski definition) is 3. The molecule has 2 aliphatic rings. The van der Waals surface area contributed by atoms with Gasteiger partial charge in [-0.05, 0) is 57.4 Å². The number of carbonyl (C=O) groups is 2. The second-order valence-corrected chi connectivity index (χ2v) is 7.86. The number of benzene rings is 1. The molecule has 5 nitrogen and oxygen atoms in total. The summed E-state index contributed by atoms with van der Waals surface area (Å²) < 4.78 is 13.8. The van der Waals surface area contributed by atoms with E-state index in [4.69, 9.17) is 0 Å². The van der Waals surface area contributed by atoms with Gasteiger partial charge in [0.1, 0.15) is 5.82 Å². The summed E-state index contributed by atoms with van der Waals surface area (Å²) in [6, 6.07) is 5.39. The topological polar surface area (TPSA) is 52.7 Å². The fourth-order valence-electron chi connectivity index (χ4n) is 4.01. The average Bonchev–Trinajstić information content (AvgIpc) is 3.04. The quantitative estimate of drug-likeness (QED) is 0.778. The molecule has 2 amide bonds. The van der Waals surface area contributed by atoms with E-state index in [-0.39, 0.29) is 30.0 Å². The van der Waals surface area contributed by atoms with Crippen LogP contribution in [0.3, 0.4) is 0 Å². The van der Waals surface area contributed by atoms with Crippen LogP contribution in [0.5, 0.6) is 0 Å². The Morgan fingerprint density at radius 1 is 1.33 bits per heavy atom. The molecular weight excluding hydrogens is 345 g/mol. The number of nitrogens with zero attached hydrogens (tertiary/aromatic N) is 2. The Kier molecular flexibility index (Phi) is 6.47. The molecule has 0 bridgehead atoms. The number of likely N-dealkylation sites (tertiary alicyclic amines) is 1. The molecule has 1 aromatic carbocycles. The summed E-state index contributed by atoms with van der Waals surface area (Å²) in [7, 11) is 0. The Hall–Kier alpha value is -1.95. The Balaban J connectivity index is 1.45. The number of aryl methyl sites for hydroxylation is 1. The molecule has 2 fully saturated rings. The normalized spacial score (nSPS) is 23.7. The van der Waals surface area contributed by atoms with Crippen LogP contribution in [0.25, 0.3) is 0 Å². The molecule has 2 heterocycles. The largest absolute Gasteiger partial charge is 0.356 e. The summed E-state index contributed by atoms with van der Waals surface area (Å²) in [6.45, 7) is 7.05. The molecule has 0 unspecified atom stereocenters. The Bertz CT molecular complexity index is 694. The predicted molar refractivity (Wildman–Crippen MR) is 104 cm³/mol. The highest BCUT2D eigenvalue weighted by molar-refractivity contribution is 6.00. The second-order valence-electron chi connectivity index (χ2n) is 7.86. The Morgan fingerprint density at radius 2 is 2.15 bits per heavy atom. The number of piperidine rings is 1. The van der Waals surface area contributed by atoms with E-state index >= 15 is 0 Å². The minimum absolute atomic E-state index is 0.0786. The van der Waals surface area contributed by atoms with Crippen molar-refractivity contribution in [2.24, 2.45) is 5.92 Å². The maximum Gasteiger partial charge on any atom is 0.227 e. The van der Waals surface area contributed by atoms with Crippen molar-refractivity contribution < 1.29 is 14.0 Å².